The Hall–Kier alpha value is -0.390. The Labute approximate surface area is 106 Å². The molecule has 0 bridgehead atoms. The van der Waals surface area contributed by atoms with Gasteiger partial charge in [0.05, 0.1) is 25.8 Å². The average Bonchev–Trinajstić information content (AvgIpc) is 2.23. The summed E-state index contributed by atoms with van der Waals surface area (Å²) >= 11 is 0. The van der Waals surface area contributed by atoms with Crippen LogP contribution in [-0.2, 0) is 9.53 Å². The highest BCUT2D eigenvalue weighted by Gasteiger charge is 2.37. The molecule has 4 nitrogen and oxygen atoms in total. The summed E-state index contributed by atoms with van der Waals surface area (Å²) in [6.07, 6.45) is 5.04. The summed E-state index contributed by atoms with van der Waals surface area (Å²) in [7, 11) is 0. The van der Waals surface area contributed by atoms with Gasteiger partial charge in [-0.2, -0.15) is 0 Å². The smallest absolute Gasteiger partial charge is 0.334 e. The number of nitrogens with zero attached hydrogens (tertiary/aromatic N) is 1. The fourth-order valence-corrected chi connectivity index (χ4v) is 2.65. The van der Waals surface area contributed by atoms with E-state index in [-0.39, 0.29) is 17.0 Å². The lowest BCUT2D eigenvalue weighted by Gasteiger charge is -2.44. The second-order valence-corrected chi connectivity index (χ2v) is 4.40. The zero-order valence-corrected chi connectivity index (χ0v) is 10.9. The Morgan fingerprint density at radius 3 is 2.56 bits per heavy atom. The third kappa shape index (κ3) is 2.84. The van der Waals surface area contributed by atoms with E-state index >= 15 is 0 Å². The van der Waals surface area contributed by atoms with Crippen LogP contribution in [0, 0.1) is 0 Å². The molecule has 0 unspecified atom stereocenters. The molecule has 0 aromatic carbocycles. The maximum Gasteiger partial charge on any atom is 0.334 e. The lowest BCUT2D eigenvalue weighted by Crippen LogP contribution is -3.00. The lowest BCUT2D eigenvalue weighted by molar-refractivity contribution is -0.904. The maximum atomic E-state index is 10.8. The van der Waals surface area contributed by atoms with Crippen molar-refractivity contribution in [3.63, 3.8) is 0 Å². The Morgan fingerprint density at radius 2 is 1.94 bits per heavy atom. The van der Waals surface area contributed by atoms with E-state index in [9.17, 15) is 4.79 Å². The van der Waals surface area contributed by atoms with Crippen molar-refractivity contribution in [1.29, 1.82) is 0 Å². The van der Waals surface area contributed by atoms with Gasteiger partial charge >= 0.3 is 5.97 Å². The van der Waals surface area contributed by atoms with Crippen molar-refractivity contribution in [2.45, 2.75) is 19.3 Å². The summed E-state index contributed by atoms with van der Waals surface area (Å²) in [6, 6.07) is 0. The lowest BCUT2D eigenvalue weighted by atomic mass is 10.0. The van der Waals surface area contributed by atoms with Crippen LogP contribution >= 0.6 is 0 Å². The summed E-state index contributed by atoms with van der Waals surface area (Å²) in [6.45, 7) is 4.37. The van der Waals surface area contributed by atoms with Gasteiger partial charge in [0.1, 0.15) is 18.8 Å². The molecule has 2 fully saturated rings. The third-order valence-corrected chi connectivity index (χ3v) is 3.49. The molecule has 1 spiro atoms. The van der Waals surface area contributed by atoms with Crippen LogP contribution in [-0.4, -0.2) is 48.4 Å². The fourth-order valence-electron chi connectivity index (χ4n) is 2.65. The summed E-state index contributed by atoms with van der Waals surface area (Å²) in [5.74, 6) is -0.849. The molecule has 1 N–H and O–H groups in total. The van der Waals surface area contributed by atoms with Crippen molar-refractivity contribution in [3.05, 3.63) is 11.8 Å². The molecule has 2 rings (SSSR count). The molecular weight excluding hydrogens is 274 g/mol. The zero-order valence-electron chi connectivity index (χ0n) is 9.32. The largest absolute Gasteiger partial charge is 1.00 e. The van der Waals surface area contributed by atoms with Crippen LogP contribution < -0.4 is 17.0 Å². The number of morpholine rings is 1. The SMILES string of the molecule is O=C(O)C=C1COCC[N+]12CCCCC2.[Br-]. The van der Waals surface area contributed by atoms with E-state index in [2.05, 4.69) is 0 Å². The highest BCUT2D eigenvalue weighted by atomic mass is 79.9. The summed E-state index contributed by atoms with van der Waals surface area (Å²) in [5, 5.41) is 8.84. The second-order valence-electron chi connectivity index (χ2n) is 4.40. The van der Waals surface area contributed by atoms with Crippen LogP contribution in [0.4, 0.5) is 0 Å². The Bertz CT molecular complexity index is 277. The molecular formula is C11H18BrNO3. The number of rotatable bonds is 1. The molecule has 2 heterocycles. The number of hydrogen-bond donors (Lipinski definition) is 1. The van der Waals surface area contributed by atoms with Gasteiger partial charge in [-0.25, -0.2) is 4.79 Å². The van der Waals surface area contributed by atoms with Crippen LogP contribution in [0.5, 0.6) is 0 Å². The molecule has 0 radical (unpaired) electrons. The first kappa shape index (κ1) is 13.7. The molecule has 0 aliphatic carbocycles. The van der Waals surface area contributed by atoms with Crippen molar-refractivity contribution in [1.82, 2.24) is 0 Å². The Morgan fingerprint density at radius 1 is 1.25 bits per heavy atom. The van der Waals surface area contributed by atoms with E-state index in [4.69, 9.17) is 9.84 Å². The van der Waals surface area contributed by atoms with E-state index in [0.717, 1.165) is 36.4 Å². The van der Waals surface area contributed by atoms with Crippen LogP contribution in [0.3, 0.4) is 0 Å². The molecule has 2 saturated heterocycles. The second kappa shape index (κ2) is 5.80. The van der Waals surface area contributed by atoms with Crippen LogP contribution in [0.2, 0.25) is 0 Å². The highest BCUT2D eigenvalue weighted by Crippen LogP contribution is 2.28. The fraction of sp³-hybridized carbons (Fsp3) is 0.727. The van der Waals surface area contributed by atoms with Crippen molar-refractivity contribution in [2.24, 2.45) is 0 Å². The monoisotopic (exact) mass is 291 g/mol. The van der Waals surface area contributed by atoms with E-state index in [0.29, 0.717) is 6.61 Å². The molecule has 0 aromatic rings. The van der Waals surface area contributed by atoms with E-state index in [1.807, 2.05) is 0 Å². The predicted molar refractivity (Wildman–Crippen MR) is 55.3 cm³/mol. The zero-order chi connectivity index (χ0) is 10.7. The van der Waals surface area contributed by atoms with Gasteiger partial charge < -0.3 is 26.8 Å². The number of ether oxygens (including phenoxy) is 1. The van der Waals surface area contributed by atoms with E-state index < -0.39 is 5.97 Å². The third-order valence-electron chi connectivity index (χ3n) is 3.49. The molecule has 0 atom stereocenters. The number of carbonyl (C=O) groups is 1. The molecule has 2 aliphatic heterocycles. The molecule has 16 heavy (non-hydrogen) atoms. The van der Waals surface area contributed by atoms with E-state index in [1.165, 1.54) is 25.3 Å². The molecule has 0 aromatic heterocycles. The first-order valence-electron chi connectivity index (χ1n) is 5.61. The minimum Gasteiger partial charge on any atom is -1.00 e. The van der Waals surface area contributed by atoms with Gasteiger partial charge in [-0.05, 0) is 19.3 Å². The Balaban J connectivity index is 0.00000128. The number of quaternary nitrogens is 1. The number of carboxylic acids is 1. The minimum atomic E-state index is -0.849. The van der Waals surface area contributed by atoms with Gasteiger partial charge in [0.15, 0.2) is 0 Å². The number of piperidine rings is 1. The normalized spacial score (nSPS) is 26.4. The first-order valence-corrected chi connectivity index (χ1v) is 5.61. The molecule has 5 heteroatoms. The molecule has 2 aliphatic rings. The van der Waals surface area contributed by atoms with Gasteiger partial charge in [0, 0.05) is 0 Å². The number of aliphatic carboxylic acids is 1. The Kier molecular flexibility index (Phi) is 4.95. The number of carboxylic acid groups (broad SMARTS) is 1. The van der Waals surface area contributed by atoms with Crippen LogP contribution in [0.25, 0.3) is 0 Å². The standard InChI is InChI=1S/C11H17NO3.BrH/c13-11(14)8-10-9-15-7-6-12(10)4-2-1-3-5-12;/h8H,1-7,9H2;1H. The predicted octanol–water partition coefficient (Wildman–Crippen LogP) is -2.01. The van der Waals surface area contributed by atoms with Gasteiger partial charge in [0.2, 0.25) is 0 Å². The number of halogens is 1. The minimum absolute atomic E-state index is 0. The topological polar surface area (TPSA) is 46.5 Å². The quantitative estimate of drug-likeness (QED) is 0.449. The average molecular weight is 292 g/mol. The molecule has 0 saturated carbocycles. The summed E-state index contributed by atoms with van der Waals surface area (Å²) in [5.41, 5.74) is 0.952. The van der Waals surface area contributed by atoms with Crippen molar-refractivity contribution >= 4 is 5.97 Å². The van der Waals surface area contributed by atoms with Gasteiger partial charge in [-0.3, -0.25) is 4.48 Å². The van der Waals surface area contributed by atoms with Gasteiger partial charge in [-0.15, -0.1) is 0 Å². The van der Waals surface area contributed by atoms with Crippen molar-refractivity contribution in [2.75, 3.05) is 32.8 Å². The molecule has 92 valence electrons. The molecule has 0 amide bonds. The first-order chi connectivity index (χ1) is 7.23. The van der Waals surface area contributed by atoms with Crippen LogP contribution in [0.15, 0.2) is 11.8 Å². The van der Waals surface area contributed by atoms with E-state index in [1.54, 1.807) is 0 Å². The van der Waals surface area contributed by atoms with Gasteiger partial charge in [0.25, 0.3) is 0 Å². The maximum absolute atomic E-state index is 10.8. The van der Waals surface area contributed by atoms with Gasteiger partial charge in [-0.1, -0.05) is 0 Å². The number of hydrogen-bond acceptors (Lipinski definition) is 2. The van der Waals surface area contributed by atoms with Crippen LogP contribution in [0.1, 0.15) is 19.3 Å². The highest BCUT2D eigenvalue weighted by molar-refractivity contribution is 5.80. The summed E-state index contributed by atoms with van der Waals surface area (Å²) in [4.78, 5) is 10.8. The summed E-state index contributed by atoms with van der Waals surface area (Å²) < 4.78 is 6.23. The van der Waals surface area contributed by atoms with Crippen molar-refractivity contribution in [3.8, 4) is 0 Å². The van der Waals surface area contributed by atoms with Crippen molar-refractivity contribution < 1.29 is 36.1 Å².